The highest BCUT2D eigenvalue weighted by molar-refractivity contribution is 5.41. The highest BCUT2D eigenvalue weighted by atomic mass is 16.5. The number of benzene rings is 2. The van der Waals surface area contributed by atoms with E-state index in [4.69, 9.17) is 18.9 Å². The molecule has 0 bridgehead atoms. The molecule has 0 fully saturated rings. The first-order chi connectivity index (χ1) is 15.6. The van der Waals surface area contributed by atoms with E-state index in [2.05, 4.69) is 28.2 Å². The molecule has 3 aromatic rings. The third-order valence-corrected chi connectivity index (χ3v) is 5.17. The molecule has 0 saturated heterocycles. The van der Waals surface area contributed by atoms with Gasteiger partial charge in [0.05, 0.1) is 39.2 Å². The van der Waals surface area contributed by atoms with E-state index in [9.17, 15) is 5.11 Å². The summed E-state index contributed by atoms with van der Waals surface area (Å²) in [4.78, 5) is 8.13. The van der Waals surface area contributed by atoms with Gasteiger partial charge in [-0.15, -0.1) is 0 Å². The van der Waals surface area contributed by atoms with Crippen LogP contribution in [-0.2, 0) is 24.6 Å². The number of hydrogen-bond acceptors (Lipinski definition) is 7. The molecule has 0 radical (unpaired) electrons. The van der Waals surface area contributed by atoms with Crippen LogP contribution >= 0.6 is 0 Å². The van der Waals surface area contributed by atoms with Gasteiger partial charge in [0.1, 0.15) is 12.4 Å². The monoisotopic (exact) mass is 438 g/mol. The van der Waals surface area contributed by atoms with Crippen LogP contribution in [0.15, 0.2) is 48.5 Å². The fraction of sp³-hybridized carbons (Fsp3) is 0.360. The van der Waals surface area contributed by atoms with Gasteiger partial charge >= 0.3 is 6.01 Å². The average Bonchev–Trinajstić information content (AvgIpc) is 3.33. The molecule has 1 aliphatic rings. The van der Waals surface area contributed by atoms with E-state index in [1.165, 1.54) is 30.9 Å². The number of rotatable bonds is 7. The maximum absolute atomic E-state index is 9.75. The lowest BCUT2D eigenvalue weighted by molar-refractivity contribution is 0.133. The fourth-order valence-electron chi connectivity index (χ4n) is 3.34. The third-order valence-electron chi connectivity index (χ3n) is 5.17. The molecule has 2 heterocycles. The molecule has 32 heavy (non-hydrogen) atoms. The van der Waals surface area contributed by atoms with Crippen molar-refractivity contribution >= 4 is 0 Å². The number of aromatic nitrogens is 2. The summed E-state index contributed by atoms with van der Waals surface area (Å²) >= 11 is 0. The Labute approximate surface area is 189 Å². The molecule has 4 rings (SSSR count). The van der Waals surface area contributed by atoms with Crippen LogP contribution in [0.4, 0.5) is 0 Å². The molecule has 2 aromatic carbocycles. The Morgan fingerprint density at radius 1 is 1.00 bits per heavy atom. The van der Waals surface area contributed by atoms with Gasteiger partial charge in [0.25, 0.3) is 0 Å². The quantitative estimate of drug-likeness (QED) is 0.580. The lowest BCUT2D eigenvalue weighted by atomic mass is 10.1. The number of aliphatic hydroxyl groups excluding tert-OH is 1. The number of methoxy groups -OCH3 is 2. The molecule has 1 aromatic heterocycles. The lowest BCUT2D eigenvalue weighted by Crippen LogP contribution is -2.07. The van der Waals surface area contributed by atoms with Crippen molar-refractivity contribution in [3.05, 3.63) is 76.5 Å². The van der Waals surface area contributed by atoms with Gasteiger partial charge in [-0.05, 0) is 30.5 Å². The maximum Gasteiger partial charge on any atom is 0.319 e. The Morgan fingerprint density at radius 3 is 2.47 bits per heavy atom. The second kappa shape index (κ2) is 11.5. The standard InChI is InChI=1S/C15H14O2.C10H16N2O3/c1-2-5-12(6-3-1)9-17-15-8-4-7-13-10-16-11-14(13)15;1-5-7(13)8-6(2)9(14-3)12-10(11-8)15-4/h1-8H,9-11H2;7,13H,5H2,1-4H3. The minimum atomic E-state index is -0.615. The van der Waals surface area contributed by atoms with Crippen molar-refractivity contribution in [2.45, 2.75) is 46.2 Å². The zero-order valence-corrected chi connectivity index (χ0v) is 19.0. The first-order valence-electron chi connectivity index (χ1n) is 10.6. The zero-order valence-electron chi connectivity index (χ0n) is 19.0. The first kappa shape index (κ1) is 23.5. The Morgan fingerprint density at radius 2 is 1.78 bits per heavy atom. The lowest BCUT2D eigenvalue weighted by Gasteiger charge is -2.13. The molecule has 1 unspecified atom stereocenters. The normalized spacial score (nSPS) is 12.9. The molecule has 0 aliphatic carbocycles. The summed E-state index contributed by atoms with van der Waals surface area (Å²) in [6.45, 7) is 5.67. The second-order valence-corrected chi connectivity index (χ2v) is 7.31. The Hall–Kier alpha value is -3.16. The minimum absolute atomic E-state index is 0.208. The van der Waals surface area contributed by atoms with E-state index in [0.29, 0.717) is 37.8 Å². The molecule has 1 aliphatic heterocycles. The molecule has 0 saturated carbocycles. The summed E-state index contributed by atoms with van der Waals surface area (Å²) in [6, 6.07) is 16.5. The minimum Gasteiger partial charge on any atom is -0.489 e. The molecular weight excluding hydrogens is 408 g/mol. The van der Waals surface area contributed by atoms with Crippen molar-refractivity contribution in [3.63, 3.8) is 0 Å². The fourth-order valence-corrected chi connectivity index (χ4v) is 3.34. The molecule has 7 nitrogen and oxygen atoms in total. The van der Waals surface area contributed by atoms with Crippen LogP contribution in [0, 0.1) is 6.92 Å². The SMILES string of the molecule is CCC(O)c1nc(OC)nc(OC)c1C.c1ccc(COc2cccc3c2COC3)cc1. The van der Waals surface area contributed by atoms with Gasteiger partial charge < -0.3 is 24.1 Å². The van der Waals surface area contributed by atoms with Crippen LogP contribution in [0.2, 0.25) is 0 Å². The Balaban J connectivity index is 0.000000183. The molecule has 1 atom stereocenters. The van der Waals surface area contributed by atoms with Crippen molar-refractivity contribution in [1.29, 1.82) is 0 Å². The molecular formula is C25H30N2O5. The van der Waals surface area contributed by atoms with Gasteiger partial charge in [-0.3, -0.25) is 0 Å². The molecule has 0 spiro atoms. The van der Waals surface area contributed by atoms with Crippen LogP contribution in [0.1, 0.15) is 47.4 Å². The second-order valence-electron chi connectivity index (χ2n) is 7.31. The van der Waals surface area contributed by atoms with Crippen molar-refractivity contribution in [1.82, 2.24) is 9.97 Å². The molecule has 7 heteroatoms. The summed E-state index contributed by atoms with van der Waals surface area (Å²) in [6.07, 6.45) is -0.0275. The summed E-state index contributed by atoms with van der Waals surface area (Å²) in [5.74, 6) is 1.38. The van der Waals surface area contributed by atoms with E-state index < -0.39 is 6.10 Å². The summed E-state index contributed by atoms with van der Waals surface area (Å²) < 4.78 is 21.3. The molecule has 170 valence electrons. The van der Waals surface area contributed by atoms with Gasteiger partial charge in [0.2, 0.25) is 5.88 Å². The van der Waals surface area contributed by atoms with Gasteiger partial charge in [-0.25, -0.2) is 0 Å². The summed E-state index contributed by atoms with van der Waals surface area (Å²) in [5.41, 5.74) is 4.93. The molecule has 0 amide bonds. The van der Waals surface area contributed by atoms with Crippen LogP contribution < -0.4 is 14.2 Å². The van der Waals surface area contributed by atoms with E-state index in [0.717, 1.165) is 11.3 Å². The van der Waals surface area contributed by atoms with Crippen LogP contribution in [0.25, 0.3) is 0 Å². The average molecular weight is 439 g/mol. The van der Waals surface area contributed by atoms with Crippen molar-refractivity contribution in [2.24, 2.45) is 0 Å². The molecule has 1 N–H and O–H groups in total. The Bertz CT molecular complexity index is 1010. The van der Waals surface area contributed by atoms with Gasteiger partial charge in [-0.1, -0.05) is 49.4 Å². The van der Waals surface area contributed by atoms with Crippen LogP contribution in [0.3, 0.4) is 0 Å². The predicted molar refractivity (Wildman–Crippen MR) is 121 cm³/mol. The first-order valence-corrected chi connectivity index (χ1v) is 10.6. The largest absolute Gasteiger partial charge is 0.489 e. The van der Waals surface area contributed by atoms with Crippen molar-refractivity contribution in [3.8, 4) is 17.6 Å². The van der Waals surface area contributed by atoms with Gasteiger partial charge in [0.15, 0.2) is 0 Å². The third kappa shape index (κ3) is 5.75. The maximum atomic E-state index is 9.75. The highest BCUT2D eigenvalue weighted by Crippen LogP contribution is 2.29. The van der Waals surface area contributed by atoms with E-state index in [1.54, 1.807) is 0 Å². The number of nitrogens with zero attached hydrogens (tertiary/aromatic N) is 2. The van der Waals surface area contributed by atoms with E-state index >= 15 is 0 Å². The van der Waals surface area contributed by atoms with Gasteiger partial charge in [-0.2, -0.15) is 9.97 Å². The van der Waals surface area contributed by atoms with Crippen molar-refractivity contribution in [2.75, 3.05) is 14.2 Å². The highest BCUT2D eigenvalue weighted by Gasteiger charge is 2.17. The zero-order chi connectivity index (χ0) is 22.9. The predicted octanol–water partition coefficient (Wildman–Crippen LogP) is 4.54. The topological polar surface area (TPSA) is 82.9 Å². The Kier molecular flexibility index (Phi) is 8.41. The van der Waals surface area contributed by atoms with Crippen molar-refractivity contribution < 1.29 is 24.1 Å². The number of aliphatic hydroxyl groups is 1. The number of hydrogen-bond donors (Lipinski definition) is 1. The summed E-state index contributed by atoms with van der Waals surface area (Å²) in [5, 5.41) is 9.75. The van der Waals surface area contributed by atoms with E-state index in [-0.39, 0.29) is 6.01 Å². The van der Waals surface area contributed by atoms with E-state index in [1.807, 2.05) is 44.2 Å². The number of ether oxygens (including phenoxy) is 4. The van der Waals surface area contributed by atoms with Gasteiger partial charge in [0, 0.05) is 11.1 Å². The van der Waals surface area contributed by atoms with Crippen LogP contribution in [-0.4, -0.2) is 29.3 Å². The smallest absolute Gasteiger partial charge is 0.319 e. The number of fused-ring (bicyclic) bond motifs is 1. The van der Waals surface area contributed by atoms with Crippen LogP contribution in [0.5, 0.6) is 17.6 Å². The summed E-state index contributed by atoms with van der Waals surface area (Å²) in [7, 11) is 3.00.